The number of rotatable bonds is 5. The number of piperazine rings is 1. The maximum absolute atomic E-state index is 12.4. The highest BCUT2D eigenvalue weighted by atomic mass is 16.5. The van der Waals surface area contributed by atoms with Crippen LogP contribution in [0.25, 0.3) is 0 Å². The molecular weight excluding hydrogens is 266 g/mol. The van der Waals surface area contributed by atoms with Gasteiger partial charge >= 0.3 is 0 Å². The number of likely N-dealkylation sites (N-methyl/N-ethyl adjacent to an activating group) is 1. The first kappa shape index (κ1) is 16.5. The Hall–Kier alpha value is -0.910. The van der Waals surface area contributed by atoms with Crippen molar-refractivity contribution in [2.45, 2.75) is 32.9 Å². The Labute approximate surface area is 128 Å². The van der Waals surface area contributed by atoms with E-state index in [-0.39, 0.29) is 11.9 Å². The summed E-state index contributed by atoms with van der Waals surface area (Å²) < 4.78 is 5.26. The van der Waals surface area contributed by atoms with Crippen molar-refractivity contribution in [2.75, 3.05) is 53.0 Å². The van der Waals surface area contributed by atoms with Crippen molar-refractivity contribution >= 4 is 5.91 Å². The summed E-state index contributed by atoms with van der Waals surface area (Å²) in [5, 5.41) is 0. The van der Waals surface area contributed by atoms with Crippen LogP contribution < -0.4 is 0 Å². The van der Waals surface area contributed by atoms with Gasteiger partial charge in [-0.1, -0.05) is 6.08 Å². The molecule has 0 spiro atoms. The van der Waals surface area contributed by atoms with Gasteiger partial charge in [0.15, 0.2) is 0 Å². The highest BCUT2D eigenvalue weighted by molar-refractivity contribution is 5.93. The first-order valence-electron chi connectivity index (χ1n) is 7.99. The zero-order valence-electron chi connectivity index (χ0n) is 13.8. The molecule has 1 amide bonds. The molecule has 0 aromatic heterocycles. The van der Waals surface area contributed by atoms with Crippen LogP contribution >= 0.6 is 0 Å². The second kappa shape index (κ2) is 7.38. The van der Waals surface area contributed by atoms with Gasteiger partial charge in [-0.05, 0) is 20.8 Å². The van der Waals surface area contributed by atoms with Crippen LogP contribution in [-0.4, -0.2) is 85.7 Å². The molecule has 2 fully saturated rings. The molecule has 21 heavy (non-hydrogen) atoms. The SMILES string of the molecule is C/C=C(\CN1CCN(C2COC2)CC1)C(=O)N(C)C(C)C. The Morgan fingerprint density at radius 2 is 1.90 bits per heavy atom. The molecule has 0 aliphatic carbocycles. The molecular formula is C16H29N3O2. The van der Waals surface area contributed by atoms with Gasteiger partial charge in [0.2, 0.25) is 0 Å². The van der Waals surface area contributed by atoms with Crippen molar-refractivity contribution in [1.29, 1.82) is 0 Å². The van der Waals surface area contributed by atoms with Gasteiger partial charge in [0.05, 0.1) is 19.3 Å². The highest BCUT2D eigenvalue weighted by Gasteiger charge is 2.29. The normalized spacial score (nSPS) is 22.4. The van der Waals surface area contributed by atoms with Gasteiger partial charge in [-0.15, -0.1) is 0 Å². The number of carbonyl (C=O) groups is 1. The van der Waals surface area contributed by atoms with Crippen LogP contribution in [0.5, 0.6) is 0 Å². The van der Waals surface area contributed by atoms with Crippen molar-refractivity contribution in [1.82, 2.24) is 14.7 Å². The lowest BCUT2D eigenvalue weighted by Gasteiger charge is -2.42. The highest BCUT2D eigenvalue weighted by Crippen LogP contribution is 2.15. The maximum atomic E-state index is 12.4. The molecule has 0 saturated carbocycles. The number of ether oxygens (including phenoxy) is 1. The average molecular weight is 295 g/mol. The van der Waals surface area contributed by atoms with E-state index in [1.807, 2.05) is 38.8 Å². The van der Waals surface area contributed by atoms with Crippen molar-refractivity contribution in [3.8, 4) is 0 Å². The minimum absolute atomic E-state index is 0.155. The summed E-state index contributed by atoms with van der Waals surface area (Å²) in [7, 11) is 1.88. The molecule has 0 bridgehead atoms. The number of hydrogen-bond donors (Lipinski definition) is 0. The predicted octanol–water partition coefficient (Wildman–Crippen LogP) is 0.816. The van der Waals surface area contributed by atoms with Crippen LogP contribution in [0, 0.1) is 0 Å². The fourth-order valence-corrected chi connectivity index (χ4v) is 2.71. The van der Waals surface area contributed by atoms with Crippen molar-refractivity contribution in [3.05, 3.63) is 11.6 Å². The molecule has 2 rings (SSSR count). The Morgan fingerprint density at radius 1 is 1.29 bits per heavy atom. The minimum Gasteiger partial charge on any atom is -0.378 e. The van der Waals surface area contributed by atoms with Gasteiger partial charge in [-0.25, -0.2) is 0 Å². The second-order valence-corrected chi connectivity index (χ2v) is 6.33. The number of allylic oxidation sites excluding steroid dienone is 1. The van der Waals surface area contributed by atoms with Crippen molar-refractivity contribution in [3.63, 3.8) is 0 Å². The molecule has 2 saturated heterocycles. The lowest BCUT2D eigenvalue weighted by Crippen LogP contribution is -2.56. The summed E-state index contributed by atoms with van der Waals surface area (Å²) in [6.45, 7) is 12.8. The molecule has 5 nitrogen and oxygen atoms in total. The third-order valence-corrected chi connectivity index (χ3v) is 4.66. The summed E-state index contributed by atoms with van der Waals surface area (Å²) in [5.74, 6) is 0.155. The molecule has 0 aromatic carbocycles. The molecule has 0 N–H and O–H groups in total. The van der Waals surface area contributed by atoms with E-state index < -0.39 is 0 Å². The van der Waals surface area contributed by atoms with E-state index in [9.17, 15) is 4.79 Å². The third-order valence-electron chi connectivity index (χ3n) is 4.66. The van der Waals surface area contributed by atoms with Gasteiger partial charge < -0.3 is 9.64 Å². The zero-order valence-corrected chi connectivity index (χ0v) is 13.8. The molecule has 2 heterocycles. The van der Waals surface area contributed by atoms with E-state index in [0.717, 1.165) is 51.5 Å². The van der Waals surface area contributed by atoms with Gasteiger partial charge in [0.1, 0.15) is 0 Å². The predicted molar refractivity (Wildman–Crippen MR) is 84.3 cm³/mol. The minimum atomic E-state index is 0.155. The fraction of sp³-hybridized carbons (Fsp3) is 0.812. The fourth-order valence-electron chi connectivity index (χ4n) is 2.71. The molecule has 2 aliphatic heterocycles. The van der Waals surface area contributed by atoms with Crippen molar-refractivity contribution < 1.29 is 9.53 Å². The first-order valence-corrected chi connectivity index (χ1v) is 7.99. The van der Waals surface area contributed by atoms with E-state index in [4.69, 9.17) is 4.74 Å². The quantitative estimate of drug-likeness (QED) is 0.704. The van der Waals surface area contributed by atoms with Crippen LogP contribution in [-0.2, 0) is 9.53 Å². The van der Waals surface area contributed by atoms with Crippen LogP contribution in [0.1, 0.15) is 20.8 Å². The number of hydrogen-bond acceptors (Lipinski definition) is 4. The van der Waals surface area contributed by atoms with Crippen LogP contribution in [0.3, 0.4) is 0 Å². The lowest BCUT2D eigenvalue weighted by atomic mass is 10.1. The molecule has 5 heteroatoms. The summed E-state index contributed by atoms with van der Waals surface area (Å²) in [6.07, 6.45) is 1.97. The summed E-state index contributed by atoms with van der Waals surface area (Å²) in [6, 6.07) is 0.866. The summed E-state index contributed by atoms with van der Waals surface area (Å²) in [5.41, 5.74) is 0.909. The zero-order chi connectivity index (χ0) is 15.4. The third kappa shape index (κ3) is 4.05. The Kier molecular flexibility index (Phi) is 5.79. The van der Waals surface area contributed by atoms with E-state index in [2.05, 4.69) is 9.80 Å². The average Bonchev–Trinajstić information content (AvgIpc) is 2.43. The number of nitrogens with zero attached hydrogens (tertiary/aromatic N) is 3. The summed E-state index contributed by atoms with van der Waals surface area (Å²) >= 11 is 0. The van der Waals surface area contributed by atoms with E-state index in [1.165, 1.54) is 0 Å². The smallest absolute Gasteiger partial charge is 0.250 e. The van der Waals surface area contributed by atoms with E-state index in [0.29, 0.717) is 6.04 Å². The largest absolute Gasteiger partial charge is 0.378 e. The van der Waals surface area contributed by atoms with E-state index in [1.54, 1.807) is 0 Å². The van der Waals surface area contributed by atoms with Gasteiger partial charge in [-0.3, -0.25) is 14.6 Å². The maximum Gasteiger partial charge on any atom is 0.250 e. The van der Waals surface area contributed by atoms with Crippen molar-refractivity contribution in [2.24, 2.45) is 0 Å². The molecule has 0 aromatic rings. The molecule has 0 unspecified atom stereocenters. The molecule has 120 valence electrons. The first-order chi connectivity index (χ1) is 10.0. The topological polar surface area (TPSA) is 36.0 Å². The van der Waals surface area contributed by atoms with Gasteiger partial charge in [-0.2, -0.15) is 0 Å². The second-order valence-electron chi connectivity index (χ2n) is 6.33. The molecule has 0 atom stereocenters. The number of carbonyl (C=O) groups excluding carboxylic acids is 1. The van der Waals surface area contributed by atoms with Crippen LogP contribution in [0.2, 0.25) is 0 Å². The van der Waals surface area contributed by atoms with E-state index >= 15 is 0 Å². The molecule has 2 aliphatic rings. The van der Waals surface area contributed by atoms with Gasteiger partial charge in [0.25, 0.3) is 5.91 Å². The Balaban J connectivity index is 1.81. The van der Waals surface area contributed by atoms with Crippen LogP contribution in [0.15, 0.2) is 11.6 Å². The van der Waals surface area contributed by atoms with Gasteiger partial charge in [0, 0.05) is 51.4 Å². The lowest BCUT2D eigenvalue weighted by molar-refractivity contribution is -0.127. The Morgan fingerprint density at radius 3 is 2.33 bits per heavy atom. The Bertz CT molecular complexity index is 383. The number of amides is 1. The van der Waals surface area contributed by atoms with Crippen LogP contribution in [0.4, 0.5) is 0 Å². The monoisotopic (exact) mass is 295 g/mol. The summed E-state index contributed by atoms with van der Waals surface area (Å²) in [4.78, 5) is 19.1. The standard InChI is InChI=1S/C16H29N3O2/c1-5-14(16(20)17(4)13(2)3)10-18-6-8-19(9-7-18)15-11-21-12-15/h5,13,15H,6-12H2,1-4H3/b14-5+. The molecule has 0 radical (unpaired) electrons.